The predicted molar refractivity (Wildman–Crippen MR) is 44.1 cm³/mol. The lowest BCUT2D eigenvalue weighted by molar-refractivity contribution is 0.0876. The van der Waals surface area contributed by atoms with Crippen LogP contribution in [0.1, 0.15) is 12.1 Å². The monoisotopic (exact) mass is 166 g/mol. The van der Waals surface area contributed by atoms with E-state index in [9.17, 15) is 5.11 Å². The second-order valence-electron chi connectivity index (χ2n) is 2.43. The van der Waals surface area contributed by atoms with Crippen molar-refractivity contribution in [3.8, 4) is 0 Å². The quantitative estimate of drug-likeness (QED) is 0.621. The third kappa shape index (κ3) is 3.46. The van der Waals surface area contributed by atoms with Gasteiger partial charge in [0, 0.05) is 12.8 Å². The molecule has 1 radical (unpaired) electrons. The van der Waals surface area contributed by atoms with E-state index >= 15 is 0 Å². The first-order valence-electron chi connectivity index (χ1n) is 3.99. The molecule has 0 aliphatic heterocycles. The van der Waals surface area contributed by atoms with Crippen LogP contribution in [0.25, 0.3) is 0 Å². The number of ether oxygens (including phenoxy) is 1. The summed E-state index contributed by atoms with van der Waals surface area (Å²) in [6.07, 6.45) is 2.30. The fourth-order valence-corrected chi connectivity index (χ4v) is 0.821. The van der Waals surface area contributed by atoms with Crippen molar-refractivity contribution in [1.29, 1.82) is 0 Å². The molecular formula is C9H12NO2. The van der Waals surface area contributed by atoms with E-state index in [0.717, 1.165) is 5.69 Å². The number of nitrogens with zero attached hydrogens (tertiary/aromatic N) is 1. The third-order valence-corrected chi connectivity index (χ3v) is 1.41. The van der Waals surface area contributed by atoms with Crippen LogP contribution in [0.4, 0.5) is 0 Å². The highest BCUT2D eigenvalue weighted by molar-refractivity contribution is 5.01. The second kappa shape index (κ2) is 5.69. The SMILES string of the molecule is [O]CCCOCc1ccccn1. The van der Waals surface area contributed by atoms with Crippen molar-refractivity contribution in [3.63, 3.8) is 0 Å². The zero-order valence-corrected chi connectivity index (χ0v) is 6.90. The zero-order chi connectivity index (χ0) is 8.65. The lowest BCUT2D eigenvalue weighted by Crippen LogP contribution is -1.98. The maximum Gasteiger partial charge on any atom is 0.0887 e. The van der Waals surface area contributed by atoms with Crippen molar-refractivity contribution in [2.75, 3.05) is 13.2 Å². The van der Waals surface area contributed by atoms with Crippen LogP contribution in [0.15, 0.2) is 24.4 Å². The maximum atomic E-state index is 10.0. The average molecular weight is 166 g/mol. The Balaban J connectivity index is 2.16. The minimum absolute atomic E-state index is 0.0672. The van der Waals surface area contributed by atoms with Gasteiger partial charge in [-0.3, -0.25) is 4.98 Å². The van der Waals surface area contributed by atoms with Crippen LogP contribution in [0.2, 0.25) is 0 Å². The van der Waals surface area contributed by atoms with E-state index in [0.29, 0.717) is 19.6 Å². The molecule has 0 unspecified atom stereocenters. The molecule has 1 heterocycles. The molecular weight excluding hydrogens is 154 g/mol. The molecule has 1 rings (SSSR count). The van der Waals surface area contributed by atoms with E-state index in [4.69, 9.17) is 4.74 Å². The van der Waals surface area contributed by atoms with Crippen LogP contribution in [-0.4, -0.2) is 18.2 Å². The number of aromatic nitrogens is 1. The number of hydrogen-bond donors (Lipinski definition) is 0. The number of hydrogen-bond acceptors (Lipinski definition) is 2. The molecule has 0 spiro atoms. The maximum absolute atomic E-state index is 10.0. The highest BCUT2D eigenvalue weighted by Gasteiger charge is 1.91. The van der Waals surface area contributed by atoms with Gasteiger partial charge >= 0.3 is 0 Å². The minimum atomic E-state index is -0.0672. The van der Waals surface area contributed by atoms with E-state index in [2.05, 4.69) is 4.98 Å². The number of rotatable bonds is 5. The van der Waals surface area contributed by atoms with Crippen LogP contribution in [0.3, 0.4) is 0 Å². The van der Waals surface area contributed by atoms with Gasteiger partial charge < -0.3 is 4.74 Å². The van der Waals surface area contributed by atoms with Crippen LogP contribution in [-0.2, 0) is 16.5 Å². The predicted octanol–water partition coefficient (Wildman–Crippen LogP) is 1.42. The van der Waals surface area contributed by atoms with Crippen LogP contribution in [0, 0.1) is 0 Å². The van der Waals surface area contributed by atoms with E-state index in [-0.39, 0.29) is 6.61 Å². The molecule has 12 heavy (non-hydrogen) atoms. The van der Waals surface area contributed by atoms with E-state index in [1.54, 1.807) is 6.20 Å². The molecule has 0 aromatic carbocycles. The summed E-state index contributed by atoms with van der Waals surface area (Å²) in [7, 11) is 0. The minimum Gasteiger partial charge on any atom is -0.375 e. The third-order valence-electron chi connectivity index (χ3n) is 1.41. The summed E-state index contributed by atoms with van der Waals surface area (Å²) >= 11 is 0. The van der Waals surface area contributed by atoms with Crippen molar-refractivity contribution < 1.29 is 9.84 Å². The number of pyridine rings is 1. The molecule has 65 valence electrons. The average Bonchev–Trinajstić information content (AvgIpc) is 2.14. The normalized spacial score (nSPS) is 10.1. The largest absolute Gasteiger partial charge is 0.375 e. The van der Waals surface area contributed by atoms with Crippen LogP contribution in [0.5, 0.6) is 0 Å². The van der Waals surface area contributed by atoms with Crippen LogP contribution >= 0.6 is 0 Å². The Morgan fingerprint density at radius 2 is 2.33 bits per heavy atom. The van der Waals surface area contributed by atoms with E-state index < -0.39 is 0 Å². The Kier molecular flexibility index (Phi) is 4.34. The summed E-state index contributed by atoms with van der Waals surface area (Å²) in [5, 5.41) is 10.0. The van der Waals surface area contributed by atoms with Gasteiger partial charge in [-0.1, -0.05) is 6.07 Å². The van der Waals surface area contributed by atoms with E-state index in [1.165, 1.54) is 0 Å². The molecule has 3 nitrogen and oxygen atoms in total. The first kappa shape index (κ1) is 9.16. The molecule has 1 aromatic rings. The van der Waals surface area contributed by atoms with Gasteiger partial charge in [0.15, 0.2) is 0 Å². The van der Waals surface area contributed by atoms with Gasteiger partial charge in [-0.25, -0.2) is 5.11 Å². The van der Waals surface area contributed by atoms with Gasteiger partial charge in [-0.2, -0.15) is 0 Å². The van der Waals surface area contributed by atoms with Crippen molar-refractivity contribution in [2.24, 2.45) is 0 Å². The topological polar surface area (TPSA) is 42.0 Å². The van der Waals surface area contributed by atoms with Gasteiger partial charge in [0.05, 0.1) is 18.9 Å². The Morgan fingerprint density at radius 1 is 1.42 bits per heavy atom. The lowest BCUT2D eigenvalue weighted by Gasteiger charge is -2.00. The zero-order valence-electron chi connectivity index (χ0n) is 6.90. The fraction of sp³-hybridized carbons (Fsp3) is 0.444. The molecule has 0 aliphatic carbocycles. The highest BCUT2D eigenvalue weighted by Crippen LogP contribution is 1.95. The van der Waals surface area contributed by atoms with Crippen LogP contribution < -0.4 is 0 Å². The Morgan fingerprint density at radius 3 is 3.00 bits per heavy atom. The molecule has 0 fully saturated rings. The highest BCUT2D eigenvalue weighted by atomic mass is 16.5. The summed E-state index contributed by atoms with van der Waals surface area (Å²) in [6, 6.07) is 5.68. The summed E-state index contributed by atoms with van der Waals surface area (Å²) < 4.78 is 5.20. The van der Waals surface area contributed by atoms with Crippen molar-refractivity contribution in [2.45, 2.75) is 13.0 Å². The van der Waals surface area contributed by atoms with Crippen molar-refractivity contribution in [1.82, 2.24) is 4.98 Å². The standard InChI is InChI=1S/C9H12NO2/c11-6-3-7-12-8-9-4-1-2-5-10-9/h1-2,4-5H,3,6-8H2. The first-order chi connectivity index (χ1) is 5.93. The van der Waals surface area contributed by atoms with Gasteiger partial charge in [-0.05, 0) is 18.6 Å². The second-order valence-corrected chi connectivity index (χ2v) is 2.43. The molecule has 0 atom stereocenters. The smallest absolute Gasteiger partial charge is 0.0887 e. The van der Waals surface area contributed by atoms with Gasteiger partial charge in [0.25, 0.3) is 0 Å². The molecule has 0 saturated carbocycles. The molecule has 0 aliphatic rings. The molecule has 0 saturated heterocycles. The lowest BCUT2D eigenvalue weighted by atomic mass is 10.4. The molecule has 1 aromatic heterocycles. The summed E-state index contributed by atoms with van der Waals surface area (Å²) in [5.74, 6) is 0. The molecule has 0 N–H and O–H groups in total. The van der Waals surface area contributed by atoms with Crippen molar-refractivity contribution in [3.05, 3.63) is 30.1 Å². The van der Waals surface area contributed by atoms with Crippen molar-refractivity contribution >= 4 is 0 Å². The van der Waals surface area contributed by atoms with Gasteiger partial charge in [0.1, 0.15) is 0 Å². The Labute approximate surface area is 72.0 Å². The first-order valence-corrected chi connectivity index (χ1v) is 3.99. The summed E-state index contributed by atoms with van der Waals surface area (Å²) in [5.41, 5.74) is 0.906. The van der Waals surface area contributed by atoms with E-state index in [1.807, 2.05) is 18.2 Å². The summed E-state index contributed by atoms with van der Waals surface area (Å²) in [4.78, 5) is 4.07. The summed E-state index contributed by atoms with van der Waals surface area (Å²) in [6.45, 7) is 0.961. The Bertz CT molecular complexity index is 201. The van der Waals surface area contributed by atoms with Gasteiger partial charge in [0.2, 0.25) is 0 Å². The molecule has 3 heteroatoms. The van der Waals surface area contributed by atoms with Gasteiger partial charge in [-0.15, -0.1) is 0 Å². The fourth-order valence-electron chi connectivity index (χ4n) is 0.821. The molecule has 0 amide bonds. The molecule has 0 bridgehead atoms. The Hall–Kier alpha value is -0.930.